The van der Waals surface area contributed by atoms with Crippen LogP contribution in [0, 0.1) is 0 Å². The molecule has 4 rings (SSSR count). The maximum Gasteiger partial charge on any atom is 0.240 e. The Balaban J connectivity index is 2.05. The Labute approximate surface area is 227 Å². The molecule has 0 spiro atoms. The fourth-order valence-electron chi connectivity index (χ4n) is 4.50. The van der Waals surface area contributed by atoms with Gasteiger partial charge in [-0.25, -0.2) is 4.68 Å². The molecular formula is C28H33ClN4O3S. The zero-order valence-corrected chi connectivity index (χ0v) is 23.6. The lowest BCUT2D eigenvalue weighted by Crippen LogP contribution is -2.44. The number of benzene rings is 2. The van der Waals surface area contributed by atoms with Crippen molar-refractivity contribution in [1.29, 1.82) is 0 Å². The molecule has 9 heteroatoms. The van der Waals surface area contributed by atoms with E-state index in [1.54, 1.807) is 22.8 Å². The average Bonchev–Trinajstić information content (AvgIpc) is 3.17. The third-order valence-electron chi connectivity index (χ3n) is 6.05. The first kappa shape index (κ1) is 27.1. The number of hydrogen-bond donors (Lipinski definition) is 1. The molecule has 0 aliphatic carbocycles. The van der Waals surface area contributed by atoms with E-state index in [-0.39, 0.29) is 40.8 Å². The van der Waals surface area contributed by atoms with Gasteiger partial charge in [-0.1, -0.05) is 62.7 Å². The van der Waals surface area contributed by atoms with E-state index in [4.69, 9.17) is 21.4 Å². The van der Waals surface area contributed by atoms with E-state index < -0.39 is 0 Å². The molecule has 0 bridgehead atoms. The summed E-state index contributed by atoms with van der Waals surface area (Å²) in [4.78, 5) is 28.2. The molecule has 1 aliphatic rings. The van der Waals surface area contributed by atoms with Gasteiger partial charge < -0.3 is 10.1 Å². The second-order valence-electron chi connectivity index (χ2n) is 10.3. The van der Waals surface area contributed by atoms with E-state index in [0.29, 0.717) is 16.5 Å². The van der Waals surface area contributed by atoms with Crippen LogP contribution in [0.2, 0.25) is 5.02 Å². The number of methoxy groups -OCH3 is 1. The van der Waals surface area contributed by atoms with Crippen LogP contribution in [0.4, 0.5) is 5.82 Å². The number of halogens is 1. The quantitative estimate of drug-likeness (QED) is 0.445. The van der Waals surface area contributed by atoms with Crippen LogP contribution in [0.1, 0.15) is 56.7 Å². The largest absolute Gasteiger partial charge is 0.496 e. The van der Waals surface area contributed by atoms with E-state index in [9.17, 15) is 9.59 Å². The number of carbonyl (C=O) groups excluding carboxylic acids is 2. The second kappa shape index (κ2) is 10.8. The summed E-state index contributed by atoms with van der Waals surface area (Å²) in [5.41, 5.74) is 2.93. The van der Waals surface area contributed by atoms with Gasteiger partial charge in [0.1, 0.15) is 18.1 Å². The summed E-state index contributed by atoms with van der Waals surface area (Å²) in [6.07, 6.45) is 0. The Bertz CT molecular complexity index is 1310. The van der Waals surface area contributed by atoms with Crippen LogP contribution in [0.5, 0.6) is 5.75 Å². The van der Waals surface area contributed by atoms with Crippen LogP contribution >= 0.6 is 23.4 Å². The predicted octanol–water partition coefficient (Wildman–Crippen LogP) is 5.53. The van der Waals surface area contributed by atoms with Gasteiger partial charge in [-0.3, -0.25) is 14.5 Å². The molecule has 0 fully saturated rings. The lowest BCUT2D eigenvalue weighted by Gasteiger charge is -2.25. The topological polar surface area (TPSA) is 76.5 Å². The molecule has 3 aromatic rings. The molecule has 1 aromatic heterocycles. The number of hydrogen-bond acceptors (Lipinski definition) is 5. The Kier molecular flexibility index (Phi) is 7.90. The number of nitrogens with one attached hydrogen (secondary N) is 1. The first-order valence-electron chi connectivity index (χ1n) is 12.3. The summed E-state index contributed by atoms with van der Waals surface area (Å²) in [7, 11) is 1.65. The highest BCUT2D eigenvalue weighted by Gasteiger charge is 2.40. The third kappa shape index (κ3) is 5.50. The molecule has 2 amide bonds. The summed E-state index contributed by atoms with van der Waals surface area (Å²) in [5.74, 6) is 1.08. The number of aromatic nitrogens is 2. The Morgan fingerprint density at radius 3 is 2.51 bits per heavy atom. The minimum absolute atomic E-state index is 0.0524. The fourth-order valence-corrected chi connectivity index (χ4v) is 5.94. The third-order valence-corrected chi connectivity index (χ3v) is 7.61. The van der Waals surface area contributed by atoms with E-state index in [2.05, 4.69) is 26.1 Å². The number of fused-ring (bicyclic) bond motifs is 1. The highest BCUT2D eigenvalue weighted by atomic mass is 35.5. The molecule has 0 saturated carbocycles. The maximum absolute atomic E-state index is 13.7. The molecule has 37 heavy (non-hydrogen) atoms. The van der Waals surface area contributed by atoms with Crippen molar-refractivity contribution < 1.29 is 14.3 Å². The van der Waals surface area contributed by atoms with Gasteiger partial charge in [-0.2, -0.15) is 5.10 Å². The summed E-state index contributed by atoms with van der Waals surface area (Å²) >= 11 is 8.17. The van der Waals surface area contributed by atoms with E-state index in [1.807, 2.05) is 56.3 Å². The van der Waals surface area contributed by atoms with Crippen LogP contribution in [0.3, 0.4) is 0 Å². The normalized spacial score (nSPS) is 15.9. The van der Waals surface area contributed by atoms with Crippen molar-refractivity contribution in [2.24, 2.45) is 0 Å². The van der Waals surface area contributed by atoms with Crippen molar-refractivity contribution in [3.05, 3.63) is 70.4 Å². The van der Waals surface area contributed by atoms with Gasteiger partial charge in [0.25, 0.3) is 0 Å². The predicted molar refractivity (Wildman–Crippen MR) is 150 cm³/mol. The Morgan fingerprint density at radius 2 is 1.86 bits per heavy atom. The molecule has 0 unspecified atom stereocenters. The minimum atomic E-state index is -0.364. The number of ether oxygens (including phenoxy) is 1. The number of thioether (sulfide) groups is 1. The maximum atomic E-state index is 13.7. The molecule has 196 valence electrons. The highest BCUT2D eigenvalue weighted by Crippen LogP contribution is 2.50. The summed E-state index contributed by atoms with van der Waals surface area (Å²) < 4.78 is 7.46. The number of anilines is 1. The van der Waals surface area contributed by atoms with Gasteiger partial charge in [0.15, 0.2) is 0 Å². The number of rotatable bonds is 6. The molecule has 1 aliphatic heterocycles. The van der Waals surface area contributed by atoms with Gasteiger partial charge in [0.05, 0.1) is 34.5 Å². The minimum Gasteiger partial charge on any atom is -0.496 e. The monoisotopic (exact) mass is 540 g/mol. The highest BCUT2D eigenvalue weighted by molar-refractivity contribution is 8.00. The molecule has 2 heterocycles. The smallest absolute Gasteiger partial charge is 0.240 e. The van der Waals surface area contributed by atoms with Crippen LogP contribution in [-0.2, 0) is 15.0 Å². The average molecular weight is 541 g/mol. The Hall–Kier alpha value is -2.97. The van der Waals surface area contributed by atoms with E-state index >= 15 is 0 Å². The SMILES string of the molecule is COc1ccccc1[C@H]1SCC(=O)N(CC(=O)NC(C)C)c2c1c(C(C)(C)C)nn2-c1ccccc1Cl. The van der Waals surface area contributed by atoms with Crippen molar-refractivity contribution in [3.8, 4) is 11.4 Å². The van der Waals surface area contributed by atoms with Crippen LogP contribution in [0.25, 0.3) is 5.69 Å². The van der Waals surface area contributed by atoms with Crippen molar-refractivity contribution >= 4 is 41.0 Å². The standard InChI is InChI=1S/C28H33ClN4O3S/c1-17(2)30-22(34)15-32-23(35)16-37-25(18-11-7-10-14-21(18)36-6)24-26(28(3,4)5)31-33(27(24)32)20-13-9-8-12-19(20)29/h7-14,17,25H,15-16H2,1-6H3,(H,30,34)/t25-/m1/s1. The van der Waals surface area contributed by atoms with Crippen molar-refractivity contribution in [1.82, 2.24) is 15.1 Å². The van der Waals surface area contributed by atoms with Gasteiger partial charge in [-0.05, 0) is 32.0 Å². The zero-order chi connectivity index (χ0) is 26.9. The van der Waals surface area contributed by atoms with E-state index in [1.165, 1.54) is 11.8 Å². The first-order valence-corrected chi connectivity index (χ1v) is 13.7. The zero-order valence-electron chi connectivity index (χ0n) is 22.0. The molecule has 1 atom stereocenters. The van der Waals surface area contributed by atoms with Crippen molar-refractivity contribution in [2.75, 3.05) is 24.3 Å². The Morgan fingerprint density at radius 1 is 1.19 bits per heavy atom. The van der Waals surface area contributed by atoms with Gasteiger partial charge in [0.2, 0.25) is 11.8 Å². The fraction of sp³-hybridized carbons (Fsp3) is 0.393. The lowest BCUT2D eigenvalue weighted by atomic mass is 9.87. The molecular weight excluding hydrogens is 508 g/mol. The number of nitrogens with zero attached hydrogens (tertiary/aromatic N) is 3. The van der Waals surface area contributed by atoms with E-state index in [0.717, 1.165) is 22.6 Å². The van der Waals surface area contributed by atoms with Gasteiger partial charge in [0, 0.05) is 22.6 Å². The molecule has 7 nitrogen and oxygen atoms in total. The van der Waals surface area contributed by atoms with Gasteiger partial charge >= 0.3 is 0 Å². The molecule has 1 N–H and O–H groups in total. The summed E-state index contributed by atoms with van der Waals surface area (Å²) in [5, 5.41) is 8.23. The summed E-state index contributed by atoms with van der Waals surface area (Å²) in [6, 6.07) is 15.2. The first-order chi connectivity index (χ1) is 17.5. The van der Waals surface area contributed by atoms with Crippen LogP contribution in [0.15, 0.2) is 48.5 Å². The number of para-hydroxylation sites is 2. The number of amides is 2. The molecule has 0 saturated heterocycles. The molecule has 2 aromatic carbocycles. The summed E-state index contributed by atoms with van der Waals surface area (Å²) in [6.45, 7) is 9.96. The van der Waals surface area contributed by atoms with Crippen LogP contribution in [-0.4, -0.2) is 47.0 Å². The lowest BCUT2D eigenvalue weighted by molar-refractivity contribution is -0.123. The van der Waals surface area contributed by atoms with Crippen molar-refractivity contribution in [3.63, 3.8) is 0 Å². The van der Waals surface area contributed by atoms with Crippen molar-refractivity contribution in [2.45, 2.75) is 51.3 Å². The second-order valence-corrected chi connectivity index (χ2v) is 11.8. The van der Waals surface area contributed by atoms with Crippen LogP contribution < -0.4 is 15.0 Å². The van der Waals surface area contributed by atoms with Gasteiger partial charge in [-0.15, -0.1) is 11.8 Å². The number of carbonyl (C=O) groups is 2. The molecule has 0 radical (unpaired) electrons.